The molecule has 182 valence electrons. The number of aromatic nitrogens is 1. The Balaban J connectivity index is 1.50. The van der Waals surface area contributed by atoms with Gasteiger partial charge in [0.05, 0.1) is 11.7 Å². The second-order valence-corrected chi connectivity index (χ2v) is 9.89. The molecule has 2 aromatic rings. The lowest BCUT2D eigenvalue weighted by Crippen LogP contribution is -2.55. The lowest BCUT2D eigenvalue weighted by molar-refractivity contribution is -0.128. The summed E-state index contributed by atoms with van der Waals surface area (Å²) in [7, 11) is 0. The van der Waals surface area contributed by atoms with Crippen LogP contribution in [0.3, 0.4) is 0 Å². The first kappa shape index (κ1) is 24.2. The quantitative estimate of drug-likeness (QED) is 0.525. The molecule has 3 heterocycles. The molecule has 2 fully saturated rings. The first-order chi connectivity index (χ1) is 16.3. The molecule has 0 spiro atoms. The van der Waals surface area contributed by atoms with Gasteiger partial charge in [0.25, 0.3) is 5.91 Å². The van der Waals surface area contributed by atoms with Crippen LogP contribution in [0.1, 0.15) is 49.0 Å². The van der Waals surface area contributed by atoms with E-state index in [0.717, 1.165) is 31.5 Å². The molecule has 0 radical (unpaired) electrons. The Morgan fingerprint density at radius 3 is 2.59 bits per heavy atom. The van der Waals surface area contributed by atoms with Crippen molar-refractivity contribution in [3.63, 3.8) is 0 Å². The summed E-state index contributed by atoms with van der Waals surface area (Å²) in [6.07, 6.45) is 5.52. The molecule has 1 aromatic heterocycles. The molecule has 4 rings (SSSR count). The number of carbonyl (C=O) groups excluding carboxylic acids is 3. The van der Waals surface area contributed by atoms with Crippen LogP contribution in [-0.4, -0.2) is 71.9 Å². The van der Waals surface area contributed by atoms with Crippen molar-refractivity contribution in [1.29, 1.82) is 0 Å². The van der Waals surface area contributed by atoms with Crippen molar-refractivity contribution in [1.82, 2.24) is 20.5 Å². The number of nitrogens with one attached hydrogen (secondary N) is 3. The van der Waals surface area contributed by atoms with Crippen LogP contribution >= 0.6 is 0 Å². The molecule has 1 aromatic carbocycles. The van der Waals surface area contributed by atoms with E-state index in [1.54, 1.807) is 18.5 Å². The van der Waals surface area contributed by atoms with Gasteiger partial charge in [0, 0.05) is 18.9 Å². The Morgan fingerprint density at radius 2 is 1.91 bits per heavy atom. The molecular formula is C26H34N4O4. The van der Waals surface area contributed by atoms with E-state index in [1.807, 2.05) is 44.2 Å². The number of aromatic amines is 1. The number of benzene rings is 1. The molecule has 2 aliphatic rings. The number of H-pyrrole nitrogens is 1. The van der Waals surface area contributed by atoms with Gasteiger partial charge in [-0.15, -0.1) is 0 Å². The number of nitrogens with zero attached hydrogens (tertiary/aromatic N) is 1. The normalized spacial score (nSPS) is 22.0. The minimum atomic E-state index is -0.821. The Morgan fingerprint density at radius 1 is 1.18 bits per heavy atom. The summed E-state index contributed by atoms with van der Waals surface area (Å²) in [6.45, 7) is 6.67. The Bertz CT molecular complexity index is 983. The van der Waals surface area contributed by atoms with Gasteiger partial charge in [-0.2, -0.15) is 0 Å². The Labute approximate surface area is 200 Å². The summed E-state index contributed by atoms with van der Waals surface area (Å²) in [6, 6.07) is 10.0. The van der Waals surface area contributed by atoms with Crippen molar-refractivity contribution in [2.75, 3.05) is 26.2 Å². The van der Waals surface area contributed by atoms with Gasteiger partial charge in [0.1, 0.15) is 18.7 Å². The van der Waals surface area contributed by atoms with E-state index in [0.29, 0.717) is 18.5 Å². The van der Waals surface area contributed by atoms with Gasteiger partial charge in [-0.25, -0.2) is 0 Å². The molecule has 2 aliphatic heterocycles. The van der Waals surface area contributed by atoms with E-state index in [-0.39, 0.29) is 35.7 Å². The number of amides is 2. The highest BCUT2D eigenvalue weighted by Crippen LogP contribution is 2.28. The zero-order valence-corrected chi connectivity index (χ0v) is 19.9. The molecule has 3 unspecified atom stereocenters. The summed E-state index contributed by atoms with van der Waals surface area (Å²) in [5.41, 5.74) is 1.12. The van der Waals surface area contributed by atoms with Crippen molar-refractivity contribution >= 4 is 17.6 Å². The van der Waals surface area contributed by atoms with Crippen molar-refractivity contribution in [3.05, 3.63) is 59.9 Å². The van der Waals surface area contributed by atoms with Crippen LogP contribution in [0.4, 0.5) is 0 Å². The largest absolute Gasteiger partial charge is 0.367 e. The topological polar surface area (TPSA) is 104 Å². The maximum absolute atomic E-state index is 13.5. The third kappa shape index (κ3) is 5.74. The standard InChI is InChI=1S/C26H34N4O4/c1-26(2,19-8-4-3-5-9-19)14-20(28-24(32)18-10-11-27-15-18)25(33)29-23-21(31)17-34-22(23)16-30-12-6-7-13-30/h3-5,8-11,15,20,22-23,27H,6-7,12-14,16-17H2,1-2H3,(H,28,32)(H,29,33). The predicted octanol–water partition coefficient (Wildman–Crippen LogP) is 2.03. The van der Waals surface area contributed by atoms with Crippen LogP contribution in [0.2, 0.25) is 0 Å². The van der Waals surface area contributed by atoms with Gasteiger partial charge in [-0.05, 0) is 49.4 Å². The number of likely N-dealkylation sites (tertiary alicyclic amines) is 1. The smallest absolute Gasteiger partial charge is 0.253 e. The average molecular weight is 467 g/mol. The molecule has 0 saturated carbocycles. The first-order valence-electron chi connectivity index (χ1n) is 12.0. The molecular weight excluding hydrogens is 432 g/mol. The van der Waals surface area contributed by atoms with E-state index in [9.17, 15) is 14.4 Å². The fourth-order valence-electron chi connectivity index (χ4n) is 4.82. The summed E-state index contributed by atoms with van der Waals surface area (Å²) in [4.78, 5) is 44.0. The van der Waals surface area contributed by atoms with Crippen LogP contribution in [0.25, 0.3) is 0 Å². The second-order valence-electron chi connectivity index (χ2n) is 9.89. The minimum absolute atomic E-state index is 0.000657. The average Bonchev–Trinajstić information content (AvgIpc) is 3.59. The lowest BCUT2D eigenvalue weighted by atomic mass is 9.79. The molecule has 3 atom stereocenters. The molecule has 0 aliphatic carbocycles. The van der Waals surface area contributed by atoms with Crippen LogP contribution in [0.5, 0.6) is 0 Å². The summed E-state index contributed by atoms with van der Waals surface area (Å²) < 4.78 is 5.73. The zero-order chi connectivity index (χ0) is 24.1. The van der Waals surface area contributed by atoms with Gasteiger partial charge in [-0.3, -0.25) is 14.4 Å². The monoisotopic (exact) mass is 466 g/mol. The fraction of sp³-hybridized carbons (Fsp3) is 0.500. The van der Waals surface area contributed by atoms with Crippen molar-refractivity contribution in [2.45, 2.75) is 56.7 Å². The van der Waals surface area contributed by atoms with E-state index in [2.05, 4.69) is 20.5 Å². The number of Topliss-reactive ketones (excluding diaryl/α,β-unsaturated/α-hetero) is 1. The van der Waals surface area contributed by atoms with E-state index < -0.39 is 12.1 Å². The van der Waals surface area contributed by atoms with E-state index in [4.69, 9.17) is 4.74 Å². The summed E-state index contributed by atoms with van der Waals surface area (Å²) in [5, 5.41) is 5.80. The lowest BCUT2D eigenvalue weighted by Gasteiger charge is -2.31. The van der Waals surface area contributed by atoms with Gasteiger partial charge in [0.2, 0.25) is 5.91 Å². The van der Waals surface area contributed by atoms with Crippen LogP contribution < -0.4 is 10.6 Å². The van der Waals surface area contributed by atoms with Crippen LogP contribution in [0, 0.1) is 0 Å². The SMILES string of the molecule is CC(C)(CC(NC(=O)c1cc[nH]c1)C(=O)NC1C(=O)COC1CN1CCCC1)c1ccccc1. The number of rotatable bonds is 9. The van der Waals surface area contributed by atoms with Crippen molar-refractivity contribution in [2.24, 2.45) is 0 Å². The summed E-state index contributed by atoms with van der Waals surface area (Å²) in [5.74, 6) is -0.841. The van der Waals surface area contributed by atoms with Gasteiger partial charge in [0.15, 0.2) is 5.78 Å². The third-order valence-electron chi connectivity index (χ3n) is 6.84. The van der Waals surface area contributed by atoms with E-state index >= 15 is 0 Å². The molecule has 3 N–H and O–H groups in total. The number of carbonyl (C=O) groups is 3. The van der Waals surface area contributed by atoms with Crippen LogP contribution in [0.15, 0.2) is 48.8 Å². The highest BCUT2D eigenvalue weighted by atomic mass is 16.5. The second kappa shape index (κ2) is 10.5. The fourth-order valence-corrected chi connectivity index (χ4v) is 4.82. The number of hydrogen-bond acceptors (Lipinski definition) is 5. The maximum atomic E-state index is 13.5. The van der Waals surface area contributed by atoms with Crippen molar-refractivity contribution in [3.8, 4) is 0 Å². The van der Waals surface area contributed by atoms with Crippen molar-refractivity contribution < 1.29 is 19.1 Å². The number of ether oxygens (including phenoxy) is 1. The zero-order valence-electron chi connectivity index (χ0n) is 19.9. The summed E-state index contributed by atoms with van der Waals surface area (Å²) >= 11 is 0. The van der Waals surface area contributed by atoms with Gasteiger partial charge < -0.3 is 25.3 Å². The molecule has 2 amide bonds. The molecule has 0 bridgehead atoms. The maximum Gasteiger partial charge on any atom is 0.253 e. The van der Waals surface area contributed by atoms with Gasteiger partial charge >= 0.3 is 0 Å². The Kier molecular flexibility index (Phi) is 7.48. The van der Waals surface area contributed by atoms with Crippen LogP contribution in [-0.2, 0) is 19.7 Å². The highest BCUT2D eigenvalue weighted by molar-refractivity contribution is 5.98. The molecule has 2 saturated heterocycles. The first-order valence-corrected chi connectivity index (χ1v) is 12.0. The number of ketones is 1. The van der Waals surface area contributed by atoms with E-state index in [1.165, 1.54) is 0 Å². The molecule has 8 heteroatoms. The number of hydrogen-bond donors (Lipinski definition) is 3. The van der Waals surface area contributed by atoms with Gasteiger partial charge in [-0.1, -0.05) is 44.2 Å². The molecule has 34 heavy (non-hydrogen) atoms. The Hall–Kier alpha value is -2.97. The highest BCUT2D eigenvalue weighted by Gasteiger charge is 2.40. The minimum Gasteiger partial charge on any atom is -0.367 e. The predicted molar refractivity (Wildman–Crippen MR) is 128 cm³/mol. The third-order valence-corrected chi connectivity index (χ3v) is 6.84. The molecule has 8 nitrogen and oxygen atoms in total.